The van der Waals surface area contributed by atoms with E-state index in [2.05, 4.69) is 4.98 Å². The van der Waals surface area contributed by atoms with Gasteiger partial charge < -0.3 is 26.8 Å². The molecule has 20 heavy (non-hydrogen) atoms. The molecule has 2 heterocycles. The van der Waals surface area contributed by atoms with Gasteiger partial charge in [-0.15, -0.1) is 17.0 Å². The van der Waals surface area contributed by atoms with Gasteiger partial charge in [0.2, 0.25) is 0 Å². The summed E-state index contributed by atoms with van der Waals surface area (Å²) >= 11 is 0. The SMILES string of the molecule is Br.O=P(O)(O)CC[n+]1ccc(-c2ccncc2)cc1.[Br-]. The minimum atomic E-state index is -3.93. The molecule has 0 aromatic carbocycles. The van der Waals surface area contributed by atoms with Crippen molar-refractivity contribution in [2.45, 2.75) is 6.54 Å². The van der Waals surface area contributed by atoms with Crippen LogP contribution in [0.25, 0.3) is 11.1 Å². The van der Waals surface area contributed by atoms with Crippen LogP contribution in [0, 0.1) is 0 Å². The molecular formula is C12H15Br2N2O3P. The van der Waals surface area contributed by atoms with Crippen molar-refractivity contribution in [1.82, 2.24) is 4.98 Å². The molecule has 2 aromatic heterocycles. The quantitative estimate of drug-likeness (QED) is 0.476. The Morgan fingerprint density at radius 1 is 1.05 bits per heavy atom. The molecule has 0 fully saturated rings. The lowest BCUT2D eigenvalue weighted by atomic mass is 10.1. The predicted molar refractivity (Wildman–Crippen MR) is 77.1 cm³/mol. The smallest absolute Gasteiger partial charge is 0.331 e. The van der Waals surface area contributed by atoms with Crippen LogP contribution >= 0.6 is 24.6 Å². The topological polar surface area (TPSA) is 74.3 Å². The van der Waals surface area contributed by atoms with Gasteiger partial charge in [-0.25, -0.2) is 4.57 Å². The lowest BCUT2D eigenvalue weighted by molar-refractivity contribution is -0.692. The van der Waals surface area contributed by atoms with Crippen LogP contribution in [0.5, 0.6) is 0 Å². The van der Waals surface area contributed by atoms with Crippen LogP contribution in [0.2, 0.25) is 0 Å². The fourth-order valence-corrected chi connectivity index (χ4v) is 2.08. The predicted octanol–water partition coefficient (Wildman–Crippen LogP) is -1.20. The summed E-state index contributed by atoms with van der Waals surface area (Å²) in [5.74, 6) is 0. The van der Waals surface area contributed by atoms with E-state index in [0.717, 1.165) is 11.1 Å². The standard InChI is InChI=1S/C12H13N2O3P.2BrH/c15-18(16,17)10-9-14-7-3-12(4-8-14)11-1-5-13-6-2-11;;/h1-8H,9-10H2,(H-,15,16,17);2*1H. The highest BCUT2D eigenvalue weighted by molar-refractivity contribution is 8.93. The summed E-state index contributed by atoms with van der Waals surface area (Å²) in [6.07, 6.45) is 6.93. The number of pyridine rings is 2. The van der Waals surface area contributed by atoms with Crippen LogP contribution in [0.1, 0.15) is 0 Å². The molecule has 2 aromatic rings. The third kappa shape index (κ3) is 6.24. The van der Waals surface area contributed by atoms with Crippen LogP contribution in [0.3, 0.4) is 0 Å². The molecule has 110 valence electrons. The zero-order valence-corrected chi connectivity index (χ0v) is 14.7. The number of aromatic nitrogens is 2. The molecule has 0 aliphatic carbocycles. The summed E-state index contributed by atoms with van der Waals surface area (Å²) < 4.78 is 12.5. The van der Waals surface area contributed by atoms with Crippen molar-refractivity contribution < 1.29 is 35.9 Å². The fraction of sp³-hybridized carbons (Fsp3) is 0.167. The molecule has 0 aliphatic heterocycles. The van der Waals surface area contributed by atoms with E-state index >= 15 is 0 Å². The van der Waals surface area contributed by atoms with Gasteiger partial charge in [0.15, 0.2) is 18.9 Å². The molecule has 0 aliphatic rings. The number of rotatable bonds is 4. The highest BCUT2D eigenvalue weighted by atomic mass is 79.9. The molecule has 0 saturated carbocycles. The second-order valence-electron chi connectivity index (χ2n) is 3.95. The highest BCUT2D eigenvalue weighted by Crippen LogP contribution is 2.33. The van der Waals surface area contributed by atoms with Gasteiger partial charge in [-0.2, -0.15) is 0 Å². The van der Waals surface area contributed by atoms with Crippen molar-refractivity contribution in [3.63, 3.8) is 0 Å². The zero-order chi connectivity index (χ0) is 13.0. The summed E-state index contributed by atoms with van der Waals surface area (Å²) in [5, 5.41) is 0. The first-order valence-electron chi connectivity index (χ1n) is 5.49. The Morgan fingerprint density at radius 3 is 2.05 bits per heavy atom. The number of hydrogen-bond donors (Lipinski definition) is 2. The minimum absolute atomic E-state index is 0. The molecule has 0 atom stereocenters. The molecule has 2 N–H and O–H groups in total. The second-order valence-corrected chi connectivity index (χ2v) is 5.73. The number of nitrogens with zero attached hydrogens (tertiary/aromatic N) is 2. The Bertz CT molecular complexity index is 561. The van der Waals surface area contributed by atoms with Crippen LogP contribution in [0.15, 0.2) is 49.1 Å². The first-order chi connectivity index (χ1) is 8.54. The molecule has 0 amide bonds. The lowest BCUT2D eigenvalue weighted by Crippen LogP contribution is -3.00. The molecule has 0 spiro atoms. The van der Waals surface area contributed by atoms with Gasteiger partial charge in [-0.05, 0) is 23.3 Å². The number of hydrogen-bond acceptors (Lipinski definition) is 2. The molecular weight excluding hydrogens is 411 g/mol. The monoisotopic (exact) mass is 424 g/mol. The molecule has 8 heteroatoms. The van der Waals surface area contributed by atoms with Crippen molar-refractivity contribution in [3.05, 3.63) is 49.1 Å². The highest BCUT2D eigenvalue weighted by Gasteiger charge is 2.15. The third-order valence-corrected chi connectivity index (χ3v) is 3.34. The van der Waals surface area contributed by atoms with Crippen molar-refractivity contribution >= 4 is 24.6 Å². The van der Waals surface area contributed by atoms with Crippen LogP contribution in [-0.4, -0.2) is 20.9 Å². The molecule has 5 nitrogen and oxygen atoms in total. The summed E-state index contributed by atoms with van der Waals surface area (Å²) in [5.41, 5.74) is 2.11. The average molecular weight is 426 g/mol. The van der Waals surface area contributed by atoms with Gasteiger partial charge in [-0.1, -0.05) is 0 Å². The minimum Gasteiger partial charge on any atom is -1.00 e. The van der Waals surface area contributed by atoms with Gasteiger partial charge in [0, 0.05) is 24.5 Å². The first-order valence-corrected chi connectivity index (χ1v) is 7.28. The van der Waals surface area contributed by atoms with E-state index in [1.165, 1.54) is 0 Å². The van der Waals surface area contributed by atoms with Gasteiger partial charge in [-0.3, -0.25) is 9.55 Å². The van der Waals surface area contributed by atoms with E-state index in [4.69, 9.17) is 9.79 Å². The molecule has 0 unspecified atom stereocenters. The van der Waals surface area contributed by atoms with E-state index in [-0.39, 0.29) is 40.1 Å². The molecule has 0 bridgehead atoms. The van der Waals surface area contributed by atoms with Gasteiger partial charge >= 0.3 is 7.60 Å². The van der Waals surface area contributed by atoms with Crippen molar-refractivity contribution in [2.75, 3.05) is 6.16 Å². The van der Waals surface area contributed by atoms with Gasteiger partial charge in [0.1, 0.15) is 6.16 Å². The normalized spacial score (nSPS) is 10.3. The van der Waals surface area contributed by atoms with E-state index in [1.807, 2.05) is 36.7 Å². The van der Waals surface area contributed by atoms with Crippen molar-refractivity contribution in [2.24, 2.45) is 0 Å². The third-order valence-electron chi connectivity index (χ3n) is 2.55. The Morgan fingerprint density at radius 2 is 1.55 bits per heavy atom. The van der Waals surface area contributed by atoms with E-state index in [0.29, 0.717) is 6.54 Å². The second kappa shape index (κ2) is 8.64. The summed E-state index contributed by atoms with van der Waals surface area (Å²) in [4.78, 5) is 21.6. The maximum atomic E-state index is 10.8. The Balaban J connectivity index is 0.00000180. The Kier molecular flexibility index (Phi) is 8.39. The van der Waals surface area contributed by atoms with Crippen LogP contribution in [-0.2, 0) is 11.1 Å². The average Bonchev–Trinajstić information content (AvgIpc) is 2.37. The van der Waals surface area contributed by atoms with Crippen LogP contribution in [0.4, 0.5) is 0 Å². The summed E-state index contributed by atoms with van der Waals surface area (Å²) in [7, 11) is -3.93. The Labute approximate surface area is 138 Å². The largest absolute Gasteiger partial charge is 1.00 e. The maximum Gasteiger partial charge on any atom is 0.331 e. The van der Waals surface area contributed by atoms with E-state index in [9.17, 15) is 4.57 Å². The van der Waals surface area contributed by atoms with E-state index in [1.54, 1.807) is 17.0 Å². The lowest BCUT2D eigenvalue weighted by Gasteiger charge is -2.02. The Hall–Kier alpha value is -0.590. The number of halogens is 2. The van der Waals surface area contributed by atoms with Gasteiger partial charge in [0.05, 0.1) is 0 Å². The first kappa shape index (κ1) is 19.4. The molecule has 0 saturated heterocycles. The van der Waals surface area contributed by atoms with Gasteiger partial charge in [0.25, 0.3) is 0 Å². The number of aryl methyl sites for hydroxylation is 1. The summed E-state index contributed by atoms with van der Waals surface area (Å²) in [6.45, 7) is 0.306. The van der Waals surface area contributed by atoms with Crippen LogP contribution < -0.4 is 21.5 Å². The van der Waals surface area contributed by atoms with E-state index < -0.39 is 7.60 Å². The zero-order valence-electron chi connectivity index (χ0n) is 10.5. The molecule has 2 rings (SSSR count). The summed E-state index contributed by atoms with van der Waals surface area (Å²) in [6, 6.07) is 7.65. The van der Waals surface area contributed by atoms with Crippen molar-refractivity contribution in [1.29, 1.82) is 0 Å². The fourth-order valence-electron chi connectivity index (χ4n) is 1.59. The molecule has 0 radical (unpaired) electrons. The van der Waals surface area contributed by atoms with Crippen molar-refractivity contribution in [3.8, 4) is 11.1 Å². The maximum absolute atomic E-state index is 10.8.